The fourth-order valence-corrected chi connectivity index (χ4v) is 4.14. The first kappa shape index (κ1) is 19.4. The summed E-state index contributed by atoms with van der Waals surface area (Å²) < 4.78 is 18.2. The lowest BCUT2D eigenvalue weighted by molar-refractivity contribution is -0.0940. The van der Waals surface area contributed by atoms with Crippen LogP contribution in [0.2, 0.25) is 0 Å². The molecule has 0 radical (unpaired) electrons. The van der Waals surface area contributed by atoms with E-state index in [1.807, 2.05) is 0 Å². The van der Waals surface area contributed by atoms with Gasteiger partial charge in [-0.3, -0.25) is 0 Å². The van der Waals surface area contributed by atoms with Crippen molar-refractivity contribution >= 4 is 10.8 Å². The lowest BCUT2D eigenvalue weighted by Gasteiger charge is -2.20. The van der Waals surface area contributed by atoms with Crippen molar-refractivity contribution in [2.75, 3.05) is 13.2 Å². The van der Waals surface area contributed by atoms with Gasteiger partial charge in [-0.15, -0.1) is 0 Å². The Morgan fingerprint density at radius 1 is 0.929 bits per heavy atom. The van der Waals surface area contributed by atoms with E-state index in [0.717, 1.165) is 25.7 Å². The van der Waals surface area contributed by atoms with Crippen molar-refractivity contribution < 1.29 is 14.2 Å². The SMILES string of the molecule is CC/C=C/CC/C=C/[C@H]1O[C@H](c2ccc3ccccc3c2)C[C@@H]1C1OCCO1. The van der Waals surface area contributed by atoms with E-state index in [4.69, 9.17) is 14.2 Å². The maximum absolute atomic E-state index is 6.48. The third-order valence-corrected chi connectivity index (χ3v) is 5.60. The summed E-state index contributed by atoms with van der Waals surface area (Å²) in [6, 6.07) is 15.1. The molecule has 0 saturated carbocycles. The Hall–Kier alpha value is -1.94. The van der Waals surface area contributed by atoms with E-state index in [1.165, 1.54) is 16.3 Å². The third kappa shape index (κ3) is 4.54. The molecule has 2 aromatic carbocycles. The van der Waals surface area contributed by atoms with Gasteiger partial charge in [0.25, 0.3) is 0 Å². The summed E-state index contributed by atoms with van der Waals surface area (Å²) in [6.07, 6.45) is 13.0. The molecule has 2 saturated heterocycles. The first-order chi connectivity index (χ1) is 13.8. The average Bonchev–Trinajstić information content (AvgIpc) is 3.40. The fourth-order valence-electron chi connectivity index (χ4n) is 4.14. The van der Waals surface area contributed by atoms with Gasteiger partial charge in [-0.1, -0.05) is 67.6 Å². The van der Waals surface area contributed by atoms with Crippen LogP contribution in [0.25, 0.3) is 10.8 Å². The van der Waals surface area contributed by atoms with Crippen molar-refractivity contribution in [3.05, 3.63) is 72.3 Å². The van der Waals surface area contributed by atoms with E-state index in [2.05, 4.69) is 73.7 Å². The van der Waals surface area contributed by atoms with Crippen molar-refractivity contribution in [3.63, 3.8) is 0 Å². The fraction of sp³-hybridized carbons (Fsp3) is 0.440. The van der Waals surface area contributed by atoms with Crippen LogP contribution in [0.1, 0.15) is 44.3 Å². The van der Waals surface area contributed by atoms with Crippen LogP contribution < -0.4 is 0 Å². The molecule has 2 heterocycles. The molecule has 2 aliphatic rings. The van der Waals surface area contributed by atoms with E-state index in [9.17, 15) is 0 Å². The van der Waals surface area contributed by atoms with Crippen molar-refractivity contribution in [1.82, 2.24) is 0 Å². The van der Waals surface area contributed by atoms with Crippen LogP contribution in [-0.4, -0.2) is 25.6 Å². The van der Waals surface area contributed by atoms with Crippen LogP contribution in [0.15, 0.2) is 66.8 Å². The number of fused-ring (bicyclic) bond motifs is 1. The minimum atomic E-state index is -0.153. The number of rotatable bonds is 7. The molecule has 148 valence electrons. The van der Waals surface area contributed by atoms with Gasteiger partial charge in [0.2, 0.25) is 0 Å². The minimum absolute atomic E-state index is 0.0368. The summed E-state index contributed by atoms with van der Waals surface area (Å²) in [5.74, 6) is 0.237. The zero-order chi connectivity index (χ0) is 19.2. The highest BCUT2D eigenvalue weighted by Crippen LogP contribution is 2.41. The smallest absolute Gasteiger partial charge is 0.163 e. The zero-order valence-corrected chi connectivity index (χ0v) is 16.6. The summed E-state index contributed by atoms with van der Waals surface area (Å²) in [5, 5.41) is 2.52. The van der Waals surface area contributed by atoms with E-state index in [0.29, 0.717) is 13.2 Å². The molecule has 0 amide bonds. The topological polar surface area (TPSA) is 27.7 Å². The van der Waals surface area contributed by atoms with Crippen LogP contribution in [0.4, 0.5) is 0 Å². The van der Waals surface area contributed by atoms with Gasteiger partial charge in [-0.25, -0.2) is 0 Å². The highest BCUT2D eigenvalue weighted by Gasteiger charge is 2.41. The van der Waals surface area contributed by atoms with Gasteiger partial charge < -0.3 is 14.2 Å². The lowest BCUT2D eigenvalue weighted by atomic mass is 9.94. The molecule has 0 aliphatic carbocycles. The van der Waals surface area contributed by atoms with Crippen molar-refractivity contribution in [2.24, 2.45) is 5.92 Å². The number of unbranched alkanes of at least 4 members (excludes halogenated alkanes) is 1. The number of ether oxygens (including phenoxy) is 3. The highest BCUT2D eigenvalue weighted by molar-refractivity contribution is 5.83. The van der Waals surface area contributed by atoms with Gasteiger partial charge >= 0.3 is 0 Å². The molecular weight excluding hydrogens is 348 g/mol. The molecule has 4 rings (SSSR count). The number of allylic oxidation sites excluding steroid dienone is 3. The molecule has 0 unspecified atom stereocenters. The minimum Gasteiger partial charge on any atom is -0.366 e. The lowest BCUT2D eigenvalue weighted by Crippen LogP contribution is -2.27. The van der Waals surface area contributed by atoms with Gasteiger partial charge in [-0.05, 0) is 48.1 Å². The van der Waals surface area contributed by atoms with Crippen molar-refractivity contribution in [1.29, 1.82) is 0 Å². The number of hydrogen-bond donors (Lipinski definition) is 0. The summed E-state index contributed by atoms with van der Waals surface area (Å²) in [5.41, 5.74) is 1.24. The van der Waals surface area contributed by atoms with Crippen LogP contribution in [-0.2, 0) is 14.2 Å². The van der Waals surface area contributed by atoms with E-state index in [-0.39, 0.29) is 24.4 Å². The van der Waals surface area contributed by atoms with Gasteiger partial charge in [0.15, 0.2) is 6.29 Å². The van der Waals surface area contributed by atoms with Crippen LogP contribution in [0, 0.1) is 5.92 Å². The van der Waals surface area contributed by atoms with Gasteiger partial charge in [0.05, 0.1) is 25.4 Å². The molecule has 2 fully saturated rings. The number of hydrogen-bond acceptors (Lipinski definition) is 3. The third-order valence-electron chi connectivity index (χ3n) is 5.60. The quantitative estimate of drug-likeness (QED) is 0.439. The van der Waals surface area contributed by atoms with Gasteiger partial charge in [0, 0.05) is 5.92 Å². The Labute approximate surface area is 168 Å². The molecule has 0 N–H and O–H groups in total. The van der Waals surface area contributed by atoms with E-state index < -0.39 is 0 Å². The summed E-state index contributed by atoms with van der Waals surface area (Å²) in [4.78, 5) is 0. The predicted molar refractivity (Wildman–Crippen MR) is 113 cm³/mol. The van der Waals surface area contributed by atoms with Gasteiger partial charge in [-0.2, -0.15) is 0 Å². The largest absolute Gasteiger partial charge is 0.366 e. The summed E-state index contributed by atoms with van der Waals surface area (Å²) in [7, 11) is 0. The Morgan fingerprint density at radius 3 is 2.54 bits per heavy atom. The predicted octanol–water partition coefficient (Wildman–Crippen LogP) is 5.96. The second-order valence-corrected chi connectivity index (χ2v) is 7.59. The Kier molecular flexibility index (Phi) is 6.58. The maximum atomic E-state index is 6.48. The first-order valence-electron chi connectivity index (χ1n) is 10.5. The van der Waals surface area contributed by atoms with Gasteiger partial charge in [0.1, 0.15) is 0 Å². The normalized spacial score (nSPS) is 26.2. The molecule has 3 atom stereocenters. The first-order valence-corrected chi connectivity index (χ1v) is 10.5. The molecule has 3 nitrogen and oxygen atoms in total. The Bertz CT molecular complexity index is 819. The summed E-state index contributed by atoms with van der Waals surface area (Å²) >= 11 is 0. The average molecular weight is 379 g/mol. The molecule has 28 heavy (non-hydrogen) atoms. The standard InChI is InChI=1S/C25H30O3/c1-2-3-4-5-6-7-12-23-22(25-26-15-16-27-25)18-24(28-23)21-14-13-19-10-8-9-11-20(19)17-21/h3-4,7-14,17,22-25H,2,5-6,15-16,18H2,1H3/b4-3+,12-7+/t22-,23+,24-/m0/s1. The molecule has 0 aromatic heterocycles. The Balaban J connectivity index is 1.48. The van der Waals surface area contributed by atoms with E-state index >= 15 is 0 Å². The molecule has 2 aromatic rings. The maximum Gasteiger partial charge on any atom is 0.163 e. The van der Waals surface area contributed by atoms with Crippen LogP contribution in [0.5, 0.6) is 0 Å². The second-order valence-electron chi connectivity index (χ2n) is 7.59. The summed E-state index contributed by atoms with van der Waals surface area (Å²) in [6.45, 7) is 3.53. The molecule has 3 heteroatoms. The van der Waals surface area contributed by atoms with Crippen LogP contribution in [0.3, 0.4) is 0 Å². The van der Waals surface area contributed by atoms with Crippen molar-refractivity contribution in [3.8, 4) is 0 Å². The molecular formula is C25H30O3. The monoisotopic (exact) mass is 378 g/mol. The molecule has 0 bridgehead atoms. The Morgan fingerprint density at radius 2 is 1.71 bits per heavy atom. The molecule has 2 aliphatic heterocycles. The zero-order valence-electron chi connectivity index (χ0n) is 16.6. The number of benzene rings is 2. The second kappa shape index (κ2) is 9.51. The van der Waals surface area contributed by atoms with Crippen LogP contribution >= 0.6 is 0 Å². The molecule has 0 spiro atoms. The van der Waals surface area contributed by atoms with Crippen molar-refractivity contribution in [2.45, 2.75) is 51.1 Å². The van der Waals surface area contributed by atoms with E-state index in [1.54, 1.807) is 0 Å². The highest BCUT2D eigenvalue weighted by atomic mass is 16.7.